The van der Waals surface area contributed by atoms with Gasteiger partial charge in [-0.1, -0.05) is 11.6 Å². The van der Waals surface area contributed by atoms with Crippen LogP contribution in [-0.4, -0.2) is 39.3 Å². The number of methoxy groups -OCH3 is 1. The summed E-state index contributed by atoms with van der Waals surface area (Å²) in [6.07, 6.45) is -0.0481. The lowest BCUT2D eigenvalue weighted by molar-refractivity contribution is -0.139. The smallest absolute Gasteiger partial charge is 0.321 e. The van der Waals surface area contributed by atoms with E-state index in [9.17, 15) is 13.2 Å². The third-order valence-corrected chi connectivity index (χ3v) is 4.31. The fourth-order valence-electron chi connectivity index (χ4n) is 1.53. The Morgan fingerprint density at radius 2 is 2.24 bits per heavy atom. The summed E-state index contributed by atoms with van der Waals surface area (Å²) in [5, 5.41) is 18.1. The predicted molar refractivity (Wildman–Crippen MR) is 74.4 cm³/mol. The van der Waals surface area contributed by atoms with Crippen LogP contribution in [0.3, 0.4) is 0 Å². The van der Waals surface area contributed by atoms with E-state index in [0.29, 0.717) is 0 Å². The van der Waals surface area contributed by atoms with Crippen molar-refractivity contribution in [1.29, 1.82) is 5.26 Å². The van der Waals surface area contributed by atoms with Crippen LogP contribution in [0, 0.1) is 11.3 Å². The first-order valence-electron chi connectivity index (χ1n) is 5.75. The molecule has 114 valence electrons. The number of nitrogens with one attached hydrogen (secondary N) is 1. The Labute approximate surface area is 127 Å². The summed E-state index contributed by atoms with van der Waals surface area (Å²) >= 11 is 5.72. The second-order valence-corrected chi connectivity index (χ2v) is 6.16. The van der Waals surface area contributed by atoms with Crippen molar-refractivity contribution in [3.8, 4) is 6.07 Å². The maximum absolute atomic E-state index is 12.2. The van der Waals surface area contributed by atoms with Crippen molar-refractivity contribution in [2.24, 2.45) is 0 Å². The van der Waals surface area contributed by atoms with Crippen LogP contribution in [0.2, 0.25) is 5.02 Å². The molecule has 21 heavy (non-hydrogen) atoms. The number of carbonyl (C=O) groups is 1. The van der Waals surface area contributed by atoms with Crippen LogP contribution in [0.4, 0.5) is 0 Å². The molecule has 0 saturated heterocycles. The molecule has 1 atom stereocenters. The van der Waals surface area contributed by atoms with Crippen LogP contribution in [0.25, 0.3) is 0 Å². The van der Waals surface area contributed by atoms with Crippen molar-refractivity contribution in [3.05, 3.63) is 28.8 Å². The maximum atomic E-state index is 12.2. The minimum atomic E-state index is -4.19. The second kappa shape index (κ2) is 7.38. The van der Waals surface area contributed by atoms with E-state index in [4.69, 9.17) is 26.7 Å². The van der Waals surface area contributed by atoms with Gasteiger partial charge in [0.1, 0.15) is 17.0 Å². The number of nitrogens with zero attached hydrogens (tertiary/aromatic N) is 1. The number of aliphatic carboxylic acids is 1. The van der Waals surface area contributed by atoms with Gasteiger partial charge in [-0.3, -0.25) is 4.79 Å². The fraction of sp³-hybridized carbons (Fsp3) is 0.333. The summed E-state index contributed by atoms with van der Waals surface area (Å²) in [6.45, 7) is 0.0696. The molecule has 0 spiro atoms. The molecular weight excluding hydrogens is 320 g/mol. The monoisotopic (exact) mass is 332 g/mol. The number of sulfonamides is 1. The van der Waals surface area contributed by atoms with Gasteiger partial charge < -0.3 is 9.84 Å². The Kier molecular flexibility index (Phi) is 6.11. The van der Waals surface area contributed by atoms with Crippen LogP contribution in [0.5, 0.6) is 0 Å². The molecule has 0 heterocycles. The van der Waals surface area contributed by atoms with E-state index in [1.165, 1.54) is 19.2 Å². The van der Waals surface area contributed by atoms with E-state index < -0.39 is 22.0 Å². The average molecular weight is 333 g/mol. The zero-order chi connectivity index (χ0) is 16.0. The molecule has 9 heteroatoms. The minimum absolute atomic E-state index is 0.0481. The van der Waals surface area contributed by atoms with Gasteiger partial charge in [0.05, 0.1) is 5.56 Å². The third-order valence-electron chi connectivity index (χ3n) is 2.56. The van der Waals surface area contributed by atoms with Crippen molar-refractivity contribution in [1.82, 2.24) is 4.72 Å². The van der Waals surface area contributed by atoms with Gasteiger partial charge in [0, 0.05) is 18.7 Å². The molecule has 0 saturated carbocycles. The predicted octanol–water partition coefficient (Wildman–Crippen LogP) is 0.980. The van der Waals surface area contributed by atoms with Crippen molar-refractivity contribution >= 4 is 27.6 Å². The maximum Gasteiger partial charge on any atom is 0.321 e. The second-order valence-electron chi connectivity index (χ2n) is 4.05. The summed E-state index contributed by atoms with van der Waals surface area (Å²) in [4.78, 5) is 10.7. The summed E-state index contributed by atoms with van der Waals surface area (Å²) in [7, 11) is -2.82. The van der Waals surface area contributed by atoms with Crippen molar-refractivity contribution in [2.45, 2.75) is 17.4 Å². The zero-order valence-corrected chi connectivity index (χ0v) is 12.6. The average Bonchev–Trinajstić information content (AvgIpc) is 2.43. The minimum Gasteiger partial charge on any atom is -0.480 e. The number of halogens is 1. The van der Waals surface area contributed by atoms with Gasteiger partial charge in [-0.2, -0.15) is 9.98 Å². The molecular formula is C12H13ClN2O5S. The van der Waals surface area contributed by atoms with E-state index >= 15 is 0 Å². The van der Waals surface area contributed by atoms with Gasteiger partial charge in [0.15, 0.2) is 0 Å². The van der Waals surface area contributed by atoms with Crippen LogP contribution in [0.1, 0.15) is 12.0 Å². The molecule has 0 amide bonds. The molecule has 0 aromatic heterocycles. The molecule has 0 fully saturated rings. The molecule has 1 aromatic carbocycles. The van der Waals surface area contributed by atoms with Crippen LogP contribution < -0.4 is 4.72 Å². The van der Waals surface area contributed by atoms with Crippen LogP contribution in [-0.2, 0) is 19.6 Å². The molecule has 0 radical (unpaired) electrons. The number of benzene rings is 1. The number of hydrogen-bond acceptors (Lipinski definition) is 5. The van der Waals surface area contributed by atoms with E-state index in [1.54, 1.807) is 6.07 Å². The van der Waals surface area contributed by atoms with Crippen LogP contribution in [0.15, 0.2) is 23.1 Å². The summed E-state index contributed by atoms with van der Waals surface area (Å²) in [5.41, 5.74) is -0.122. The SMILES string of the molecule is COCCC(NS(=O)(=O)c1cc(Cl)ccc1C#N)C(=O)O. The number of nitriles is 1. The summed E-state index contributed by atoms with van der Waals surface area (Å²) < 4.78 is 31.2. The topological polar surface area (TPSA) is 116 Å². The van der Waals surface area contributed by atoms with Gasteiger partial charge in [0.2, 0.25) is 10.0 Å². The molecule has 0 aliphatic carbocycles. The largest absolute Gasteiger partial charge is 0.480 e. The number of carboxylic acids is 1. The quantitative estimate of drug-likeness (QED) is 0.768. The normalized spacial score (nSPS) is 12.6. The van der Waals surface area contributed by atoms with Gasteiger partial charge in [-0.15, -0.1) is 0 Å². The highest BCUT2D eigenvalue weighted by atomic mass is 35.5. The molecule has 1 aromatic rings. The van der Waals surface area contributed by atoms with Crippen LogP contribution >= 0.6 is 11.6 Å². The zero-order valence-electron chi connectivity index (χ0n) is 11.0. The van der Waals surface area contributed by atoms with Gasteiger partial charge in [-0.25, -0.2) is 8.42 Å². The molecule has 0 aliphatic heterocycles. The van der Waals surface area contributed by atoms with Gasteiger partial charge in [-0.05, 0) is 24.6 Å². The van der Waals surface area contributed by atoms with Gasteiger partial charge >= 0.3 is 5.97 Å². The molecule has 1 unspecified atom stereocenters. The molecule has 2 N–H and O–H groups in total. The van der Waals surface area contributed by atoms with Crippen molar-refractivity contribution in [2.75, 3.05) is 13.7 Å². The molecule has 0 bridgehead atoms. The lowest BCUT2D eigenvalue weighted by Crippen LogP contribution is -2.41. The Bertz CT molecular complexity index is 669. The standard InChI is InChI=1S/C12H13ClN2O5S/c1-20-5-4-10(12(16)17)15-21(18,19)11-6-9(13)3-2-8(11)7-14/h2-3,6,10,15H,4-5H2,1H3,(H,16,17). The van der Waals surface area contributed by atoms with Gasteiger partial charge in [0.25, 0.3) is 0 Å². The fourth-order valence-corrected chi connectivity index (χ4v) is 3.17. The molecule has 7 nitrogen and oxygen atoms in total. The van der Waals surface area contributed by atoms with E-state index in [-0.39, 0.29) is 28.5 Å². The number of rotatable bonds is 7. The van der Waals surface area contributed by atoms with Crippen molar-refractivity contribution in [3.63, 3.8) is 0 Å². The Morgan fingerprint density at radius 1 is 1.57 bits per heavy atom. The summed E-state index contributed by atoms with van der Waals surface area (Å²) in [5.74, 6) is -1.34. The van der Waals surface area contributed by atoms with E-state index in [0.717, 1.165) is 6.07 Å². The Balaban J connectivity index is 3.13. The molecule has 1 rings (SSSR count). The highest BCUT2D eigenvalue weighted by Gasteiger charge is 2.27. The lowest BCUT2D eigenvalue weighted by Gasteiger charge is -2.15. The first-order valence-corrected chi connectivity index (χ1v) is 7.61. The van der Waals surface area contributed by atoms with Crippen molar-refractivity contribution < 1.29 is 23.1 Å². The highest BCUT2D eigenvalue weighted by Crippen LogP contribution is 2.20. The molecule has 0 aliphatic rings. The van der Waals surface area contributed by atoms with E-state index in [2.05, 4.69) is 0 Å². The lowest BCUT2D eigenvalue weighted by atomic mass is 10.2. The number of ether oxygens (including phenoxy) is 1. The number of hydrogen-bond donors (Lipinski definition) is 2. The third kappa shape index (κ3) is 4.68. The Hall–Kier alpha value is -1.66. The first kappa shape index (κ1) is 17.4. The highest BCUT2D eigenvalue weighted by molar-refractivity contribution is 7.89. The first-order chi connectivity index (χ1) is 9.81. The van der Waals surface area contributed by atoms with E-state index in [1.807, 2.05) is 4.72 Å². The Morgan fingerprint density at radius 3 is 2.76 bits per heavy atom. The number of carboxylic acid groups (broad SMARTS) is 1. The summed E-state index contributed by atoms with van der Waals surface area (Å²) in [6, 6.07) is 4.08.